The fourth-order valence-electron chi connectivity index (χ4n) is 3.00. The van der Waals surface area contributed by atoms with Crippen molar-refractivity contribution in [3.63, 3.8) is 0 Å². The molecule has 6 heteroatoms. The molecular formula is C19H22N2O4. The standard InChI is InChI=1S/C19H22N2O4/c1-24-14-6-7-16(18(10-14)25-9-8-20)19(23)21-11-13-4-2-3-5-15(13)17(22)12-21/h2-7,10,17,22H,8-9,11-12,20H2,1H3/t17-/m1/s1. The molecule has 1 aliphatic rings. The lowest BCUT2D eigenvalue weighted by Crippen LogP contribution is -2.38. The van der Waals surface area contributed by atoms with Gasteiger partial charge in [-0.05, 0) is 23.3 Å². The van der Waals surface area contributed by atoms with Gasteiger partial charge in [0, 0.05) is 19.2 Å². The summed E-state index contributed by atoms with van der Waals surface area (Å²) in [5.41, 5.74) is 7.76. The fraction of sp³-hybridized carbons (Fsp3) is 0.316. The first-order chi connectivity index (χ1) is 12.1. The summed E-state index contributed by atoms with van der Waals surface area (Å²) in [4.78, 5) is 14.6. The topological polar surface area (TPSA) is 85.0 Å². The predicted octanol–water partition coefficient (Wildman–Crippen LogP) is 1.72. The third-order valence-electron chi connectivity index (χ3n) is 4.25. The third-order valence-corrected chi connectivity index (χ3v) is 4.25. The van der Waals surface area contributed by atoms with Gasteiger partial charge < -0.3 is 25.2 Å². The van der Waals surface area contributed by atoms with Crippen LogP contribution in [0.5, 0.6) is 11.5 Å². The molecule has 0 radical (unpaired) electrons. The maximum atomic E-state index is 13.0. The average Bonchev–Trinajstić information content (AvgIpc) is 2.65. The maximum absolute atomic E-state index is 13.0. The van der Waals surface area contributed by atoms with Gasteiger partial charge in [0.25, 0.3) is 5.91 Å². The van der Waals surface area contributed by atoms with Crippen molar-refractivity contribution in [3.05, 3.63) is 59.2 Å². The molecule has 25 heavy (non-hydrogen) atoms. The van der Waals surface area contributed by atoms with Crippen LogP contribution in [0.2, 0.25) is 0 Å². The summed E-state index contributed by atoms with van der Waals surface area (Å²) in [7, 11) is 1.56. The second-order valence-corrected chi connectivity index (χ2v) is 5.90. The van der Waals surface area contributed by atoms with E-state index in [1.165, 1.54) is 0 Å². The fourth-order valence-corrected chi connectivity index (χ4v) is 3.00. The van der Waals surface area contributed by atoms with E-state index in [0.717, 1.165) is 11.1 Å². The smallest absolute Gasteiger partial charge is 0.258 e. The van der Waals surface area contributed by atoms with Gasteiger partial charge in [-0.25, -0.2) is 0 Å². The number of β-amino-alcohol motifs (C(OH)–C–C–N with tert-alkyl or cyclic N) is 1. The Balaban J connectivity index is 1.88. The Morgan fingerprint density at radius 2 is 2.12 bits per heavy atom. The van der Waals surface area contributed by atoms with E-state index in [9.17, 15) is 9.90 Å². The van der Waals surface area contributed by atoms with Crippen LogP contribution in [0.1, 0.15) is 27.6 Å². The Labute approximate surface area is 146 Å². The zero-order valence-corrected chi connectivity index (χ0v) is 14.1. The number of aliphatic hydroxyl groups excluding tert-OH is 1. The molecule has 1 amide bonds. The molecule has 0 bridgehead atoms. The monoisotopic (exact) mass is 342 g/mol. The Morgan fingerprint density at radius 1 is 1.32 bits per heavy atom. The molecule has 3 rings (SSSR count). The lowest BCUT2D eigenvalue weighted by molar-refractivity contribution is 0.0546. The molecule has 0 spiro atoms. The van der Waals surface area contributed by atoms with E-state index in [0.29, 0.717) is 36.8 Å². The highest BCUT2D eigenvalue weighted by Gasteiger charge is 2.28. The van der Waals surface area contributed by atoms with Crippen molar-refractivity contribution < 1.29 is 19.4 Å². The van der Waals surface area contributed by atoms with E-state index in [4.69, 9.17) is 15.2 Å². The molecule has 0 aromatic heterocycles. The SMILES string of the molecule is COc1ccc(C(=O)N2Cc3ccccc3[C@H](O)C2)c(OCCN)c1. The number of hydrogen-bond donors (Lipinski definition) is 2. The van der Waals surface area contributed by atoms with E-state index >= 15 is 0 Å². The molecule has 0 fully saturated rings. The summed E-state index contributed by atoms with van der Waals surface area (Å²) >= 11 is 0. The minimum Gasteiger partial charge on any atom is -0.497 e. The number of amides is 1. The molecule has 0 saturated heterocycles. The zero-order chi connectivity index (χ0) is 17.8. The number of carbonyl (C=O) groups excluding carboxylic acids is 1. The van der Waals surface area contributed by atoms with Gasteiger partial charge in [0.05, 0.1) is 25.3 Å². The number of nitrogens with zero attached hydrogens (tertiary/aromatic N) is 1. The van der Waals surface area contributed by atoms with Crippen LogP contribution in [0, 0.1) is 0 Å². The van der Waals surface area contributed by atoms with Crippen molar-refractivity contribution in [2.24, 2.45) is 5.73 Å². The van der Waals surface area contributed by atoms with Gasteiger partial charge in [0.2, 0.25) is 0 Å². The van der Waals surface area contributed by atoms with E-state index in [1.54, 1.807) is 30.2 Å². The van der Waals surface area contributed by atoms with E-state index in [-0.39, 0.29) is 12.5 Å². The first-order valence-electron chi connectivity index (χ1n) is 8.20. The van der Waals surface area contributed by atoms with E-state index in [1.807, 2.05) is 24.3 Å². The third kappa shape index (κ3) is 3.60. The van der Waals surface area contributed by atoms with Gasteiger partial charge in [0.15, 0.2) is 0 Å². The number of aliphatic hydroxyl groups is 1. The second kappa shape index (κ2) is 7.55. The van der Waals surface area contributed by atoms with Crippen LogP contribution < -0.4 is 15.2 Å². The maximum Gasteiger partial charge on any atom is 0.258 e. The summed E-state index contributed by atoms with van der Waals surface area (Å²) in [6.07, 6.45) is -0.694. The van der Waals surface area contributed by atoms with Gasteiger partial charge in [-0.15, -0.1) is 0 Å². The van der Waals surface area contributed by atoms with Crippen LogP contribution in [-0.4, -0.2) is 42.7 Å². The van der Waals surface area contributed by atoms with Gasteiger partial charge >= 0.3 is 0 Å². The van der Waals surface area contributed by atoms with Crippen LogP contribution in [0.25, 0.3) is 0 Å². The second-order valence-electron chi connectivity index (χ2n) is 5.90. The van der Waals surface area contributed by atoms with Gasteiger partial charge in [-0.2, -0.15) is 0 Å². The largest absolute Gasteiger partial charge is 0.497 e. The highest BCUT2D eigenvalue weighted by Crippen LogP contribution is 2.30. The summed E-state index contributed by atoms with van der Waals surface area (Å²) < 4.78 is 10.8. The molecule has 3 N–H and O–H groups in total. The van der Waals surface area contributed by atoms with Crippen LogP contribution in [0.15, 0.2) is 42.5 Å². The number of fused-ring (bicyclic) bond motifs is 1. The van der Waals surface area contributed by atoms with Gasteiger partial charge in [-0.1, -0.05) is 24.3 Å². The molecule has 1 atom stereocenters. The highest BCUT2D eigenvalue weighted by atomic mass is 16.5. The lowest BCUT2D eigenvalue weighted by Gasteiger charge is -2.32. The number of methoxy groups -OCH3 is 1. The molecule has 6 nitrogen and oxygen atoms in total. The number of nitrogens with two attached hydrogens (primary N) is 1. The van der Waals surface area contributed by atoms with E-state index < -0.39 is 6.10 Å². The first kappa shape index (κ1) is 17.3. The highest BCUT2D eigenvalue weighted by molar-refractivity contribution is 5.97. The molecule has 1 heterocycles. The van der Waals surface area contributed by atoms with Crippen molar-refractivity contribution in [2.45, 2.75) is 12.6 Å². The molecule has 132 valence electrons. The van der Waals surface area contributed by atoms with Crippen molar-refractivity contribution in [2.75, 3.05) is 26.8 Å². The first-order valence-corrected chi connectivity index (χ1v) is 8.20. The molecule has 2 aromatic rings. The molecule has 2 aromatic carbocycles. The van der Waals surface area contributed by atoms with Crippen LogP contribution in [0.3, 0.4) is 0 Å². The normalized spacial score (nSPS) is 16.3. The van der Waals surface area contributed by atoms with Crippen molar-refractivity contribution in [1.82, 2.24) is 4.90 Å². The quantitative estimate of drug-likeness (QED) is 0.864. The average molecular weight is 342 g/mol. The minimum absolute atomic E-state index is 0.191. The van der Waals surface area contributed by atoms with E-state index in [2.05, 4.69) is 0 Å². The Hall–Kier alpha value is -2.57. The van der Waals surface area contributed by atoms with Crippen molar-refractivity contribution in [1.29, 1.82) is 0 Å². The lowest BCUT2D eigenvalue weighted by atomic mass is 9.97. The number of benzene rings is 2. The summed E-state index contributed by atoms with van der Waals surface area (Å²) in [6, 6.07) is 12.7. The molecular weight excluding hydrogens is 320 g/mol. The minimum atomic E-state index is -0.694. The van der Waals surface area contributed by atoms with Crippen LogP contribution in [0.4, 0.5) is 0 Å². The molecule has 1 aliphatic heterocycles. The van der Waals surface area contributed by atoms with Gasteiger partial charge in [-0.3, -0.25) is 4.79 Å². The summed E-state index contributed by atoms with van der Waals surface area (Å²) in [5.74, 6) is 0.846. The van der Waals surface area contributed by atoms with Crippen molar-refractivity contribution in [3.8, 4) is 11.5 Å². The number of hydrogen-bond acceptors (Lipinski definition) is 5. The molecule has 0 saturated carbocycles. The predicted molar refractivity (Wildman–Crippen MR) is 93.7 cm³/mol. The van der Waals surface area contributed by atoms with Gasteiger partial charge in [0.1, 0.15) is 18.1 Å². The summed E-state index contributed by atoms with van der Waals surface area (Å²) in [6.45, 7) is 1.35. The molecule has 0 aliphatic carbocycles. The Kier molecular flexibility index (Phi) is 5.21. The van der Waals surface area contributed by atoms with Crippen LogP contribution in [-0.2, 0) is 6.54 Å². The van der Waals surface area contributed by atoms with Crippen LogP contribution >= 0.6 is 0 Å². The number of carbonyl (C=O) groups is 1. The summed E-state index contributed by atoms with van der Waals surface area (Å²) in [5, 5.41) is 10.4. The Morgan fingerprint density at radius 3 is 2.88 bits per heavy atom. The molecule has 0 unspecified atom stereocenters. The number of ether oxygens (including phenoxy) is 2. The number of rotatable bonds is 5. The Bertz CT molecular complexity index is 763. The zero-order valence-electron chi connectivity index (χ0n) is 14.1. The van der Waals surface area contributed by atoms with Crippen molar-refractivity contribution >= 4 is 5.91 Å².